The Bertz CT molecular complexity index is 742. The van der Waals surface area contributed by atoms with Crippen LogP contribution in [0.2, 0.25) is 0 Å². The molecule has 0 aliphatic rings. The third kappa shape index (κ3) is 4.40. The van der Waals surface area contributed by atoms with E-state index in [1.165, 1.54) is 22.6 Å². The number of halogens is 1. The molecule has 0 unspecified atom stereocenters. The minimum Gasteiger partial charge on any atom is -0.497 e. The fraction of sp³-hybridized carbons (Fsp3) is 0.211. The van der Waals surface area contributed by atoms with Crippen molar-refractivity contribution in [3.05, 3.63) is 82.1 Å². The van der Waals surface area contributed by atoms with Gasteiger partial charge in [-0.3, -0.25) is 4.98 Å². The molecule has 0 fully saturated rings. The molecule has 3 aromatic rings. The minimum absolute atomic E-state index is 0.128. The highest BCUT2D eigenvalue weighted by Gasteiger charge is 2.13. The van der Waals surface area contributed by atoms with Crippen LogP contribution in [0.5, 0.6) is 5.75 Å². The van der Waals surface area contributed by atoms with Crippen LogP contribution in [0.3, 0.4) is 0 Å². The van der Waals surface area contributed by atoms with Crippen LogP contribution in [0.25, 0.3) is 0 Å². The Labute approximate surface area is 145 Å². The molecule has 1 N–H and O–H groups in total. The number of hydrogen-bond acceptors (Lipinski definition) is 4. The zero-order chi connectivity index (χ0) is 16.8. The predicted octanol–water partition coefficient (Wildman–Crippen LogP) is 4.36. The summed E-state index contributed by atoms with van der Waals surface area (Å²) < 4.78 is 18.4. The maximum atomic E-state index is 13.1. The molecule has 0 saturated carbocycles. The van der Waals surface area contributed by atoms with E-state index >= 15 is 0 Å². The average Bonchev–Trinajstić information content (AvgIpc) is 3.14. The highest BCUT2D eigenvalue weighted by molar-refractivity contribution is 7.09. The van der Waals surface area contributed by atoms with Crippen molar-refractivity contribution in [1.82, 2.24) is 10.3 Å². The number of nitrogens with one attached hydrogen (secondary N) is 1. The van der Waals surface area contributed by atoms with Gasteiger partial charge in [-0.1, -0.05) is 24.3 Å². The van der Waals surface area contributed by atoms with Gasteiger partial charge < -0.3 is 10.1 Å². The van der Waals surface area contributed by atoms with Crippen molar-refractivity contribution in [3.8, 4) is 5.75 Å². The van der Waals surface area contributed by atoms with E-state index in [0.29, 0.717) is 0 Å². The van der Waals surface area contributed by atoms with Crippen LogP contribution in [-0.4, -0.2) is 12.1 Å². The summed E-state index contributed by atoms with van der Waals surface area (Å²) in [5.74, 6) is 0.624. The molecule has 1 aromatic heterocycles. The second-order valence-electron chi connectivity index (χ2n) is 5.50. The van der Waals surface area contributed by atoms with Gasteiger partial charge in [-0.15, -0.1) is 11.3 Å². The Kier molecular flexibility index (Phi) is 5.56. The SMILES string of the molecule is COc1ccc([C@@H](Cc2ccc(F)cc2)NCc2cncs2)cc1. The van der Waals surface area contributed by atoms with Crippen LogP contribution < -0.4 is 10.1 Å². The van der Waals surface area contributed by atoms with Gasteiger partial charge in [0.1, 0.15) is 11.6 Å². The molecule has 0 radical (unpaired) electrons. The lowest BCUT2D eigenvalue weighted by Crippen LogP contribution is -2.22. The van der Waals surface area contributed by atoms with Crippen molar-refractivity contribution < 1.29 is 9.13 Å². The summed E-state index contributed by atoms with van der Waals surface area (Å²) in [4.78, 5) is 5.30. The van der Waals surface area contributed by atoms with E-state index in [-0.39, 0.29) is 11.9 Å². The molecule has 24 heavy (non-hydrogen) atoms. The van der Waals surface area contributed by atoms with Crippen LogP contribution in [0.1, 0.15) is 22.0 Å². The molecule has 0 aliphatic heterocycles. The molecule has 0 amide bonds. The summed E-state index contributed by atoms with van der Waals surface area (Å²) in [5, 5.41) is 3.57. The van der Waals surface area contributed by atoms with Crippen molar-refractivity contribution in [2.75, 3.05) is 7.11 Å². The Hall–Kier alpha value is -2.24. The van der Waals surface area contributed by atoms with Gasteiger partial charge in [-0.25, -0.2) is 4.39 Å². The van der Waals surface area contributed by atoms with E-state index in [9.17, 15) is 4.39 Å². The van der Waals surface area contributed by atoms with Crippen molar-refractivity contribution in [2.24, 2.45) is 0 Å². The van der Waals surface area contributed by atoms with Gasteiger partial charge in [0.2, 0.25) is 0 Å². The van der Waals surface area contributed by atoms with Crippen LogP contribution >= 0.6 is 11.3 Å². The molecule has 0 bridgehead atoms. The van der Waals surface area contributed by atoms with E-state index in [2.05, 4.69) is 22.4 Å². The number of methoxy groups -OCH3 is 1. The lowest BCUT2D eigenvalue weighted by molar-refractivity contribution is 0.414. The monoisotopic (exact) mass is 342 g/mol. The molecular formula is C19H19FN2OS. The predicted molar refractivity (Wildman–Crippen MR) is 94.8 cm³/mol. The molecule has 1 atom stereocenters. The molecule has 1 heterocycles. The Morgan fingerprint density at radius 2 is 1.88 bits per heavy atom. The highest BCUT2D eigenvalue weighted by atomic mass is 32.1. The summed E-state index contributed by atoms with van der Waals surface area (Å²) in [7, 11) is 1.66. The zero-order valence-corrected chi connectivity index (χ0v) is 14.2. The fourth-order valence-corrected chi connectivity index (χ4v) is 3.10. The largest absolute Gasteiger partial charge is 0.497 e. The molecule has 2 aromatic carbocycles. The van der Waals surface area contributed by atoms with Crippen molar-refractivity contribution in [2.45, 2.75) is 19.0 Å². The molecule has 0 saturated heterocycles. The number of rotatable bonds is 7. The summed E-state index contributed by atoms with van der Waals surface area (Å²) in [6.07, 6.45) is 2.66. The maximum absolute atomic E-state index is 13.1. The summed E-state index contributed by atoms with van der Waals surface area (Å²) in [6, 6.07) is 14.8. The van der Waals surface area contributed by atoms with E-state index in [1.54, 1.807) is 18.4 Å². The molecule has 3 nitrogen and oxygen atoms in total. The zero-order valence-electron chi connectivity index (χ0n) is 13.4. The number of ether oxygens (including phenoxy) is 1. The lowest BCUT2D eigenvalue weighted by atomic mass is 9.98. The molecule has 0 spiro atoms. The van der Waals surface area contributed by atoms with Gasteiger partial charge in [0, 0.05) is 23.7 Å². The van der Waals surface area contributed by atoms with Crippen LogP contribution in [0.4, 0.5) is 4.39 Å². The Morgan fingerprint density at radius 3 is 2.50 bits per heavy atom. The third-order valence-corrected chi connectivity index (χ3v) is 4.66. The van der Waals surface area contributed by atoms with E-state index in [0.717, 1.165) is 24.3 Å². The van der Waals surface area contributed by atoms with Gasteiger partial charge in [0.05, 0.1) is 12.6 Å². The lowest BCUT2D eigenvalue weighted by Gasteiger charge is -2.19. The van der Waals surface area contributed by atoms with Crippen molar-refractivity contribution in [3.63, 3.8) is 0 Å². The third-order valence-electron chi connectivity index (χ3n) is 3.88. The van der Waals surface area contributed by atoms with Gasteiger partial charge in [-0.2, -0.15) is 0 Å². The van der Waals surface area contributed by atoms with Crippen molar-refractivity contribution in [1.29, 1.82) is 0 Å². The summed E-state index contributed by atoms with van der Waals surface area (Å²) in [6.45, 7) is 0.753. The van der Waals surface area contributed by atoms with E-state index < -0.39 is 0 Å². The topological polar surface area (TPSA) is 34.1 Å². The maximum Gasteiger partial charge on any atom is 0.123 e. The van der Waals surface area contributed by atoms with Crippen LogP contribution in [-0.2, 0) is 13.0 Å². The first-order valence-corrected chi connectivity index (χ1v) is 8.61. The Morgan fingerprint density at radius 1 is 1.12 bits per heavy atom. The standard InChI is InChI=1S/C19H19FN2OS/c1-23-17-8-4-15(5-9-17)19(22-12-18-11-21-13-24-18)10-14-2-6-16(20)7-3-14/h2-9,11,13,19,22H,10,12H2,1H3/t19-/m1/s1. The molecular weight excluding hydrogens is 323 g/mol. The first kappa shape index (κ1) is 16.6. The van der Waals surface area contributed by atoms with E-state index in [1.807, 2.05) is 36.0 Å². The van der Waals surface area contributed by atoms with E-state index in [4.69, 9.17) is 4.74 Å². The average molecular weight is 342 g/mol. The van der Waals surface area contributed by atoms with Crippen molar-refractivity contribution >= 4 is 11.3 Å². The molecule has 3 rings (SSSR count). The number of aromatic nitrogens is 1. The van der Waals surface area contributed by atoms with Gasteiger partial charge >= 0.3 is 0 Å². The molecule has 5 heteroatoms. The normalized spacial score (nSPS) is 12.1. The van der Waals surface area contributed by atoms with Crippen LogP contribution in [0.15, 0.2) is 60.2 Å². The second-order valence-corrected chi connectivity index (χ2v) is 6.48. The smallest absolute Gasteiger partial charge is 0.123 e. The molecule has 124 valence electrons. The fourth-order valence-electron chi connectivity index (χ4n) is 2.55. The first-order chi connectivity index (χ1) is 11.7. The second kappa shape index (κ2) is 8.04. The minimum atomic E-state index is -0.211. The molecule has 0 aliphatic carbocycles. The van der Waals surface area contributed by atoms with Gasteiger partial charge in [0.25, 0.3) is 0 Å². The summed E-state index contributed by atoms with van der Waals surface area (Å²) >= 11 is 1.63. The number of benzene rings is 2. The van der Waals surface area contributed by atoms with Gasteiger partial charge in [-0.05, 0) is 41.8 Å². The quantitative estimate of drug-likeness (QED) is 0.692. The number of hydrogen-bond donors (Lipinski definition) is 1. The Balaban J connectivity index is 1.77. The van der Waals surface area contributed by atoms with Crippen LogP contribution in [0, 0.1) is 5.82 Å². The number of nitrogens with zero attached hydrogens (tertiary/aromatic N) is 1. The van der Waals surface area contributed by atoms with Gasteiger partial charge in [0.15, 0.2) is 0 Å². The summed E-state index contributed by atoms with van der Waals surface area (Å²) in [5.41, 5.74) is 4.10. The highest BCUT2D eigenvalue weighted by Crippen LogP contribution is 2.22. The first-order valence-electron chi connectivity index (χ1n) is 7.74. The number of thiazole rings is 1.